The van der Waals surface area contributed by atoms with E-state index >= 15 is 0 Å². The smallest absolute Gasteiger partial charge is 0.320 e. The van der Waals surface area contributed by atoms with Gasteiger partial charge in [0, 0.05) is 25.7 Å². The van der Waals surface area contributed by atoms with E-state index in [9.17, 15) is 14.7 Å². The summed E-state index contributed by atoms with van der Waals surface area (Å²) >= 11 is 0. The Morgan fingerprint density at radius 2 is 1.86 bits per heavy atom. The van der Waals surface area contributed by atoms with Crippen molar-refractivity contribution in [3.8, 4) is 0 Å². The molecule has 2 fully saturated rings. The first-order valence-electron chi connectivity index (χ1n) is 8.18. The number of carboxylic acids is 1. The van der Waals surface area contributed by atoms with Gasteiger partial charge in [-0.3, -0.25) is 4.79 Å². The van der Waals surface area contributed by atoms with Crippen LogP contribution in [0.25, 0.3) is 0 Å². The first kappa shape index (κ1) is 16.1. The van der Waals surface area contributed by atoms with Crippen LogP contribution in [0.15, 0.2) is 0 Å². The van der Waals surface area contributed by atoms with Crippen LogP contribution < -0.4 is 0 Å². The van der Waals surface area contributed by atoms with Crippen LogP contribution in [-0.4, -0.2) is 52.6 Å². The van der Waals surface area contributed by atoms with Gasteiger partial charge < -0.3 is 14.9 Å². The maximum Gasteiger partial charge on any atom is 0.320 e. The highest BCUT2D eigenvalue weighted by Crippen LogP contribution is 2.29. The zero-order valence-corrected chi connectivity index (χ0v) is 13.4. The van der Waals surface area contributed by atoms with Gasteiger partial charge in [-0.2, -0.15) is 0 Å². The minimum absolute atomic E-state index is 0.0379. The summed E-state index contributed by atoms with van der Waals surface area (Å²) in [6, 6.07) is 0.394. The molecule has 1 saturated carbocycles. The predicted molar refractivity (Wildman–Crippen MR) is 81.1 cm³/mol. The van der Waals surface area contributed by atoms with Crippen LogP contribution in [0, 0.1) is 17.8 Å². The Morgan fingerprint density at radius 1 is 1.24 bits per heavy atom. The average Bonchev–Trinajstić information content (AvgIpc) is 3.03. The van der Waals surface area contributed by atoms with Crippen LogP contribution in [-0.2, 0) is 4.79 Å². The number of aliphatic carboxylic acids is 1. The number of rotatable bonds is 4. The number of likely N-dealkylation sites (tertiary alicyclic amines) is 1. The highest BCUT2D eigenvalue weighted by molar-refractivity contribution is 5.78. The van der Waals surface area contributed by atoms with Crippen LogP contribution in [0.2, 0.25) is 0 Å². The minimum atomic E-state index is -0.783. The number of nitrogens with zero attached hydrogens (tertiary/aromatic N) is 2. The summed E-state index contributed by atoms with van der Waals surface area (Å²) in [5.74, 6) is -0.728. The molecule has 0 radical (unpaired) electrons. The number of carbonyl (C=O) groups excluding carboxylic acids is 1. The van der Waals surface area contributed by atoms with E-state index in [1.807, 2.05) is 11.8 Å². The third-order valence-corrected chi connectivity index (χ3v) is 4.77. The fourth-order valence-electron chi connectivity index (χ4n) is 3.62. The molecule has 1 aliphatic carbocycles. The Kier molecular flexibility index (Phi) is 5.12. The second-order valence-electron chi connectivity index (χ2n) is 7.09. The van der Waals surface area contributed by atoms with E-state index in [1.165, 1.54) is 12.8 Å². The Morgan fingerprint density at radius 3 is 2.33 bits per heavy atom. The monoisotopic (exact) mass is 296 g/mol. The standard InChI is InChI=1S/C16H28N2O3/c1-11(2)8-18(13-6-4-5-7-13)16(21)17-9-12(3)14(10-17)15(19)20/h11-14H,4-10H2,1-3H3,(H,19,20). The van der Waals surface area contributed by atoms with E-state index < -0.39 is 11.9 Å². The first-order chi connectivity index (χ1) is 9.90. The third-order valence-electron chi connectivity index (χ3n) is 4.77. The molecule has 1 heterocycles. The summed E-state index contributed by atoms with van der Waals surface area (Å²) in [7, 11) is 0. The SMILES string of the molecule is CC(C)CN(C(=O)N1CC(C)C(C(=O)O)C1)C1CCCC1. The fourth-order valence-corrected chi connectivity index (χ4v) is 3.62. The van der Waals surface area contributed by atoms with Crippen molar-refractivity contribution in [2.75, 3.05) is 19.6 Å². The lowest BCUT2D eigenvalue weighted by molar-refractivity contribution is -0.142. The molecule has 0 aromatic carbocycles. The van der Waals surface area contributed by atoms with Crippen molar-refractivity contribution in [3.63, 3.8) is 0 Å². The predicted octanol–water partition coefficient (Wildman–Crippen LogP) is 2.66. The van der Waals surface area contributed by atoms with Crippen molar-refractivity contribution in [2.24, 2.45) is 17.8 Å². The molecule has 2 atom stereocenters. The molecule has 2 rings (SSSR count). The van der Waals surface area contributed by atoms with Gasteiger partial charge in [-0.05, 0) is 24.7 Å². The van der Waals surface area contributed by atoms with E-state index in [-0.39, 0.29) is 11.9 Å². The molecular weight excluding hydrogens is 268 g/mol. The molecule has 0 bridgehead atoms. The summed E-state index contributed by atoms with van der Waals surface area (Å²) < 4.78 is 0. The van der Waals surface area contributed by atoms with Gasteiger partial charge in [0.15, 0.2) is 0 Å². The maximum atomic E-state index is 12.8. The Balaban J connectivity index is 2.05. The van der Waals surface area contributed by atoms with E-state index in [0.717, 1.165) is 19.4 Å². The molecule has 120 valence electrons. The van der Waals surface area contributed by atoms with Crippen molar-refractivity contribution >= 4 is 12.0 Å². The van der Waals surface area contributed by atoms with Gasteiger partial charge in [0.05, 0.1) is 5.92 Å². The van der Waals surface area contributed by atoms with Crippen LogP contribution >= 0.6 is 0 Å². The maximum absolute atomic E-state index is 12.8. The van der Waals surface area contributed by atoms with Gasteiger partial charge >= 0.3 is 12.0 Å². The van der Waals surface area contributed by atoms with Gasteiger partial charge in [0.25, 0.3) is 0 Å². The Labute approximate surface area is 127 Å². The lowest BCUT2D eigenvalue weighted by Crippen LogP contribution is -2.48. The van der Waals surface area contributed by atoms with E-state index in [2.05, 4.69) is 13.8 Å². The van der Waals surface area contributed by atoms with Gasteiger partial charge in [0.1, 0.15) is 0 Å². The molecule has 2 aliphatic rings. The lowest BCUT2D eigenvalue weighted by Gasteiger charge is -2.34. The molecule has 1 saturated heterocycles. The molecule has 0 aromatic rings. The third kappa shape index (κ3) is 3.69. The summed E-state index contributed by atoms with van der Waals surface area (Å²) in [4.78, 5) is 27.8. The molecule has 2 amide bonds. The van der Waals surface area contributed by atoms with Crippen molar-refractivity contribution in [3.05, 3.63) is 0 Å². The zero-order valence-electron chi connectivity index (χ0n) is 13.4. The second-order valence-corrected chi connectivity index (χ2v) is 7.09. The van der Waals surface area contributed by atoms with Crippen molar-refractivity contribution < 1.29 is 14.7 Å². The summed E-state index contributed by atoms with van der Waals surface area (Å²) in [6.07, 6.45) is 4.57. The van der Waals surface area contributed by atoms with Gasteiger partial charge in [-0.15, -0.1) is 0 Å². The molecule has 1 aliphatic heterocycles. The lowest BCUT2D eigenvalue weighted by atomic mass is 9.99. The molecular formula is C16H28N2O3. The number of hydrogen-bond donors (Lipinski definition) is 1. The van der Waals surface area contributed by atoms with Crippen LogP contribution in [0.3, 0.4) is 0 Å². The second kappa shape index (κ2) is 6.67. The average molecular weight is 296 g/mol. The molecule has 0 spiro atoms. The molecule has 5 nitrogen and oxygen atoms in total. The fraction of sp³-hybridized carbons (Fsp3) is 0.875. The Bertz CT molecular complexity index is 391. The van der Waals surface area contributed by atoms with Gasteiger partial charge in [-0.25, -0.2) is 4.79 Å². The van der Waals surface area contributed by atoms with Crippen molar-refractivity contribution in [1.29, 1.82) is 0 Å². The zero-order chi connectivity index (χ0) is 15.6. The summed E-state index contributed by atoms with van der Waals surface area (Å²) in [6.45, 7) is 7.87. The van der Waals surface area contributed by atoms with E-state index in [4.69, 9.17) is 0 Å². The van der Waals surface area contributed by atoms with Gasteiger partial charge in [-0.1, -0.05) is 33.6 Å². The van der Waals surface area contributed by atoms with Crippen molar-refractivity contribution in [1.82, 2.24) is 9.80 Å². The summed E-state index contributed by atoms with van der Waals surface area (Å²) in [5.41, 5.74) is 0. The topological polar surface area (TPSA) is 60.9 Å². The number of carbonyl (C=O) groups is 2. The first-order valence-corrected chi connectivity index (χ1v) is 8.18. The normalized spacial score (nSPS) is 26.6. The number of hydrogen-bond acceptors (Lipinski definition) is 2. The molecule has 2 unspecified atom stereocenters. The molecule has 1 N–H and O–H groups in total. The van der Waals surface area contributed by atoms with E-state index in [0.29, 0.717) is 25.0 Å². The van der Waals surface area contributed by atoms with Crippen molar-refractivity contribution in [2.45, 2.75) is 52.5 Å². The minimum Gasteiger partial charge on any atom is -0.481 e. The van der Waals surface area contributed by atoms with E-state index in [1.54, 1.807) is 4.90 Å². The van der Waals surface area contributed by atoms with Crippen LogP contribution in [0.1, 0.15) is 46.5 Å². The van der Waals surface area contributed by atoms with Gasteiger partial charge in [0.2, 0.25) is 0 Å². The highest BCUT2D eigenvalue weighted by Gasteiger charge is 2.40. The highest BCUT2D eigenvalue weighted by atomic mass is 16.4. The molecule has 0 aromatic heterocycles. The van der Waals surface area contributed by atoms with Crippen LogP contribution in [0.4, 0.5) is 4.79 Å². The molecule has 21 heavy (non-hydrogen) atoms. The largest absolute Gasteiger partial charge is 0.481 e. The number of urea groups is 1. The molecule has 5 heteroatoms. The van der Waals surface area contributed by atoms with Crippen LogP contribution in [0.5, 0.6) is 0 Å². The quantitative estimate of drug-likeness (QED) is 0.867. The Hall–Kier alpha value is -1.26. The summed E-state index contributed by atoms with van der Waals surface area (Å²) in [5, 5.41) is 9.23. The number of amides is 2. The number of carboxylic acid groups (broad SMARTS) is 1.